The van der Waals surface area contributed by atoms with Crippen molar-refractivity contribution in [2.45, 2.75) is 33.6 Å². The van der Waals surface area contributed by atoms with Crippen LogP contribution in [0.1, 0.15) is 33.6 Å². The molecular formula is C11H21NO3. The third kappa shape index (κ3) is 4.81. The number of hydrogen-bond acceptors (Lipinski definition) is 3. The van der Waals surface area contributed by atoms with E-state index in [1.165, 1.54) is 7.11 Å². The predicted molar refractivity (Wildman–Crippen MR) is 58.3 cm³/mol. The Bertz CT molecular complexity index is 212. The smallest absolute Gasteiger partial charge is 0.305 e. The van der Waals surface area contributed by atoms with E-state index in [0.29, 0.717) is 12.8 Å². The van der Waals surface area contributed by atoms with Crippen LogP contribution in [0.2, 0.25) is 0 Å². The standard InChI is InChI=1S/C11H21NO3/c1-5-12(6-2)11(14)9(3)7-8-10(13)15-4/h9H,5-8H2,1-4H3. The van der Waals surface area contributed by atoms with Crippen molar-refractivity contribution < 1.29 is 14.3 Å². The highest BCUT2D eigenvalue weighted by Gasteiger charge is 2.18. The summed E-state index contributed by atoms with van der Waals surface area (Å²) in [6.45, 7) is 7.20. The summed E-state index contributed by atoms with van der Waals surface area (Å²) < 4.78 is 4.53. The lowest BCUT2D eigenvalue weighted by Gasteiger charge is -2.22. The molecule has 0 heterocycles. The number of hydrogen-bond donors (Lipinski definition) is 0. The molecule has 0 aliphatic carbocycles. The van der Waals surface area contributed by atoms with E-state index in [9.17, 15) is 9.59 Å². The molecule has 0 saturated carbocycles. The van der Waals surface area contributed by atoms with Crippen LogP contribution >= 0.6 is 0 Å². The van der Waals surface area contributed by atoms with Gasteiger partial charge in [-0.25, -0.2) is 0 Å². The van der Waals surface area contributed by atoms with Gasteiger partial charge in [-0.2, -0.15) is 0 Å². The molecule has 0 bridgehead atoms. The first-order valence-corrected chi connectivity index (χ1v) is 5.42. The number of carbonyl (C=O) groups excluding carboxylic acids is 2. The fraction of sp³-hybridized carbons (Fsp3) is 0.818. The summed E-state index contributed by atoms with van der Waals surface area (Å²) in [5, 5.41) is 0. The number of amides is 1. The summed E-state index contributed by atoms with van der Waals surface area (Å²) in [7, 11) is 1.36. The second-order valence-corrected chi connectivity index (χ2v) is 3.53. The van der Waals surface area contributed by atoms with Gasteiger partial charge in [-0.3, -0.25) is 9.59 Å². The molecule has 0 radical (unpaired) electrons. The van der Waals surface area contributed by atoms with E-state index >= 15 is 0 Å². The number of ether oxygens (including phenoxy) is 1. The van der Waals surface area contributed by atoms with Crippen LogP contribution in [0.5, 0.6) is 0 Å². The summed E-state index contributed by atoms with van der Waals surface area (Å²) >= 11 is 0. The molecule has 0 aromatic heterocycles. The summed E-state index contributed by atoms with van der Waals surface area (Å²) in [4.78, 5) is 24.5. The Balaban J connectivity index is 4.03. The zero-order valence-electron chi connectivity index (χ0n) is 10.1. The lowest BCUT2D eigenvalue weighted by Crippen LogP contribution is -2.35. The van der Waals surface area contributed by atoms with Gasteiger partial charge in [-0.15, -0.1) is 0 Å². The van der Waals surface area contributed by atoms with Crippen LogP contribution in [0.3, 0.4) is 0 Å². The maximum Gasteiger partial charge on any atom is 0.305 e. The van der Waals surface area contributed by atoms with Crippen LogP contribution in [0.15, 0.2) is 0 Å². The number of rotatable bonds is 6. The van der Waals surface area contributed by atoms with Crippen molar-refractivity contribution in [1.82, 2.24) is 4.90 Å². The molecule has 0 aromatic rings. The molecule has 0 aliphatic heterocycles. The van der Waals surface area contributed by atoms with E-state index in [0.717, 1.165) is 13.1 Å². The van der Waals surface area contributed by atoms with E-state index in [1.807, 2.05) is 20.8 Å². The second-order valence-electron chi connectivity index (χ2n) is 3.53. The van der Waals surface area contributed by atoms with Crippen molar-refractivity contribution in [3.8, 4) is 0 Å². The first-order valence-electron chi connectivity index (χ1n) is 5.42. The molecule has 0 rings (SSSR count). The molecule has 4 heteroatoms. The van der Waals surface area contributed by atoms with Gasteiger partial charge in [0.2, 0.25) is 5.91 Å². The monoisotopic (exact) mass is 215 g/mol. The molecule has 4 nitrogen and oxygen atoms in total. The summed E-state index contributed by atoms with van der Waals surface area (Å²) in [6.07, 6.45) is 0.868. The Kier molecular flexibility index (Phi) is 6.75. The molecule has 1 amide bonds. The molecule has 0 N–H and O–H groups in total. The molecule has 0 saturated heterocycles. The molecule has 1 atom stereocenters. The minimum Gasteiger partial charge on any atom is -0.469 e. The molecule has 15 heavy (non-hydrogen) atoms. The maximum atomic E-state index is 11.8. The Morgan fingerprint density at radius 1 is 1.27 bits per heavy atom. The molecule has 0 spiro atoms. The van der Waals surface area contributed by atoms with E-state index < -0.39 is 0 Å². The van der Waals surface area contributed by atoms with Crippen LogP contribution in [-0.2, 0) is 14.3 Å². The van der Waals surface area contributed by atoms with E-state index in [-0.39, 0.29) is 17.8 Å². The van der Waals surface area contributed by atoms with Crippen LogP contribution < -0.4 is 0 Å². The summed E-state index contributed by atoms with van der Waals surface area (Å²) in [6, 6.07) is 0. The van der Waals surface area contributed by atoms with Gasteiger partial charge in [0, 0.05) is 25.4 Å². The first-order chi connectivity index (χ1) is 7.06. The van der Waals surface area contributed by atoms with Gasteiger partial charge in [-0.05, 0) is 20.3 Å². The highest BCUT2D eigenvalue weighted by Crippen LogP contribution is 2.10. The third-order valence-corrected chi connectivity index (χ3v) is 2.51. The largest absolute Gasteiger partial charge is 0.469 e. The highest BCUT2D eigenvalue weighted by molar-refractivity contribution is 5.79. The summed E-state index contributed by atoms with van der Waals surface area (Å²) in [5.41, 5.74) is 0. The van der Waals surface area contributed by atoms with E-state index in [4.69, 9.17) is 0 Å². The zero-order valence-corrected chi connectivity index (χ0v) is 10.1. The van der Waals surface area contributed by atoms with Gasteiger partial charge < -0.3 is 9.64 Å². The Hall–Kier alpha value is -1.06. The average Bonchev–Trinajstić information content (AvgIpc) is 2.26. The zero-order chi connectivity index (χ0) is 11.8. The fourth-order valence-electron chi connectivity index (χ4n) is 1.41. The van der Waals surface area contributed by atoms with E-state index in [1.54, 1.807) is 4.90 Å². The van der Waals surface area contributed by atoms with Crippen LogP contribution in [0.25, 0.3) is 0 Å². The third-order valence-electron chi connectivity index (χ3n) is 2.51. The fourth-order valence-corrected chi connectivity index (χ4v) is 1.41. The Morgan fingerprint density at radius 3 is 2.20 bits per heavy atom. The van der Waals surface area contributed by atoms with Crippen molar-refractivity contribution in [3.05, 3.63) is 0 Å². The molecule has 0 aliphatic rings. The topological polar surface area (TPSA) is 46.6 Å². The number of esters is 1. The molecule has 0 fully saturated rings. The normalized spacial score (nSPS) is 12.0. The Labute approximate surface area is 91.6 Å². The van der Waals surface area contributed by atoms with Gasteiger partial charge in [0.25, 0.3) is 0 Å². The average molecular weight is 215 g/mol. The quantitative estimate of drug-likeness (QED) is 0.630. The van der Waals surface area contributed by atoms with Gasteiger partial charge in [0.1, 0.15) is 0 Å². The van der Waals surface area contributed by atoms with Crippen LogP contribution in [0.4, 0.5) is 0 Å². The molecular weight excluding hydrogens is 194 g/mol. The number of carbonyl (C=O) groups is 2. The second kappa shape index (κ2) is 7.26. The van der Waals surface area contributed by atoms with Crippen molar-refractivity contribution in [1.29, 1.82) is 0 Å². The molecule has 0 aromatic carbocycles. The van der Waals surface area contributed by atoms with Crippen LogP contribution in [-0.4, -0.2) is 37.0 Å². The van der Waals surface area contributed by atoms with Crippen LogP contribution in [0, 0.1) is 5.92 Å². The first kappa shape index (κ1) is 13.9. The van der Waals surface area contributed by atoms with Gasteiger partial charge in [0.05, 0.1) is 7.11 Å². The van der Waals surface area contributed by atoms with Crippen molar-refractivity contribution in [2.24, 2.45) is 5.92 Å². The highest BCUT2D eigenvalue weighted by atomic mass is 16.5. The maximum absolute atomic E-state index is 11.8. The van der Waals surface area contributed by atoms with Gasteiger partial charge >= 0.3 is 5.97 Å². The summed E-state index contributed by atoms with van der Waals surface area (Å²) in [5.74, 6) is -0.248. The van der Waals surface area contributed by atoms with Crippen molar-refractivity contribution in [3.63, 3.8) is 0 Å². The molecule has 88 valence electrons. The SMILES string of the molecule is CCN(CC)C(=O)C(C)CCC(=O)OC. The van der Waals surface area contributed by atoms with Crippen molar-refractivity contribution >= 4 is 11.9 Å². The lowest BCUT2D eigenvalue weighted by molar-refractivity contribution is -0.141. The Morgan fingerprint density at radius 2 is 1.80 bits per heavy atom. The van der Waals surface area contributed by atoms with Crippen molar-refractivity contribution in [2.75, 3.05) is 20.2 Å². The lowest BCUT2D eigenvalue weighted by atomic mass is 10.0. The van der Waals surface area contributed by atoms with E-state index in [2.05, 4.69) is 4.74 Å². The van der Waals surface area contributed by atoms with Gasteiger partial charge in [-0.1, -0.05) is 6.92 Å². The van der Waals surface area contributed by atoms with Gasteiger partial charge in [0.15, 0.2) is 0 Å². The minimum absolute atomic E-state index is 0.107. The molecule has 1 unspecified atom stereocenters. The predicted octanol–water partition coefficient (Wildman–Crippen LogP) is 1.44. The number of nitrogens with zero attached hydrogens (tertiary/aromatic N) is 1. The number of methoxy groups -OCH3 is 1. The minimum atomic E-state index is -0.255.